The number of halogens is 1. The highest BCUT2D eigenvalue weighted by atomic mass is 79.9. The van der Waals surface area contributed by atoms with Crippen molar-refractivity contribution in [3.05, 3.63) is 57.6 Å². The van der Waals surface area contributed by atoms with Crippen LogP contribution in [0.3, 0.4) is 0 Å². The number of nitrogen functional groups attached to an aromatic ring is 1. The zero-order valence-electron chi connectivity index (χ0n) is 10.5. The van der Waals surface area contributed by atoms with Gasteiger partial charge in [-0.1, -0.05) is 39.7 Å². The molecule has 0 aromatic heterocycles. The summed E-state index contributed by atoms with van der Waals surface area (Å²) in [7, 11) is 0. The zero-order chi connectivity index (χ0) is 13.1. The second-order valence-corrected chi connectivity index (χ2v) is 6.33. The van der Waals surface area contributed by atoms with Gasteiger partial charge in [-0.15, -0.1) is 11.8 Å². The molecule has 0 aliphatic rings. The Morgan fingerprint density at radius 1 is 1.11 bits per heavy atom. The summed E-state index contributed by atoms with van der Waals surface area (Å²) in [6.45, 7) is 4.28. The minimum absolute atomic E-state index is 0.841. The number of thioether (sulfide) groups is 1. The second-order valence-electron chi connectivity index (χ2n) is 4.40. The summed E-state index contributed by atoms with van der Waals surface area (Å²) in [5.41, 5.74) is 10.8. The maximum atomic E-state index is 5.98. The fourth-order valence-corrected chi connectivity index (χ4v) is 3.32. The topological polar surface area (TPSA) is 26.0 Å². The van der Waals surface area contributed by atoms with Crippen LogP contribution < -0.4 is 5.73 Å². The van der Waals surface area contributed by atoms with E-state index in [1.807, 2.05) is 12.1 Å². The van der Waals surface area contributed by atoms with Crippen molar-refractivity contribution in [3.8, 4) is 0 Å². The van der Waals surface area contributed by atoms with E-state index in [0.29, 0.717) is 0 Å². The van der Waals surface area contributed by atoms with Crippen LogP contribution in [0.5, 0.6) is 0 Å². The van der Waals surface area contributed by atoms with Crippen molar-refractivity contribution < 1.29 is 0 Å². The molecule has 18 heavy (non-hydrogen) atoms. The Bertz CT molecular complexity index is 515. The third-order valence-electron chi connectivity index (χ3n) is 2.86. The highest BCUT2D eigenvalue weighted by molar-refractivity contribution is 9.10. The molecular formula is C15H16BrNS. The van der Waals surface area contributed by atoms with Crippen LogP contribution in [0.2, 0.25) is 0 Å². The van der Waals surface area contributed by atoms with Gasteiger partial charge >= 0.3 is 0 Å². The Morgan fingerprint density at radius 3 is 2.67 bits per heavy atom. The van der Waals surface area contributed by atoms with E-state index in [1.165, 1.54) is 16.7 Å². The molecule has 2 aromatic carbocycles. The van der Waals surface area contributed by atoms with E-state index in [0.717, 1.165) is 20.8 Å². The molecule has 0 amide bonds. The number of benzene rings is 2. The molecule has 0 atom stereocenters. The van der Waals surface area contributed by atoms with Crippen LogP contribution in [-0.2, 0) is 5.75 Å². The summed E-state index contributed by atoms with van der Waals surface area (Å²) < 4.78 is 1.07. The Balaban J connectivity index is 2.16. The van der Waals surface area contributed by atoms with Crippen molar-refractivity contribution >= 4 is 33.4 Å². The summed E-state index contributed by atoms with van der Waals surface area (Å²) in [5.74, 6) is 0.953. The lowest BCUT2D eigenvalue weighted by molar-refractivity contribution is 1.27. The van der Waals surface area contributed by atoms with Crippen LogP contribution in [0.1, 0.15) is 16.7 Å². The molecule has 0 spiro atoms. The van der Waals surface area contributed by atoms with E-state index >= 15 is 0 Å². The normalized spacial score (nSPS) is 10.6. The predicted octanol–water partition coefficient (Wildman–Crippen LogP) is 4.94. The van der Waals surface area contributed by atoms with Gasteiger partial charge in [-0.05, 0) is 43.2 Å². The maximum Gasteiger partial charge on any atom is 0.0453 e. The van der Waals surface area contributed by atoms with E-state index < -0.39 is 0 Å². The Morgan fingerprint density at radius 2 is 1.89 bits per heavy atom. The van der Waals surface area contributed by atoms with Crippen molar-refractivity contribution in [2.24, 2.45) is 0 Å². The first kappa shape index (κ1) is 13.5. The monoisotopic (exact) mass is 321 g/mol. The van der Waals surface area contributed by atoms with Crippen molar-refractivity contribution in [2.75, 3.05) is 5.73 Å². The van der Waals surface area contributed by atoms with E-state index in [9.17, 15) is 0 Å². The predicted molar refractivity (Wildman–Crippen MR) is 84.0 cm³/mol. The fourth-order valence-electron chi connectivity index (χ4n) is 1.74. The Hall–Kier alpha value is -0.930. The molecule has 0 fully saturated rings. The molecule has 2 aromatic rings. The van der Waals surface area contributed by atoms with Crippen LogP contribution in [0.25, 0.3) is 0 Å². The zero-order valence-corrected chi connectivity index (χ0v) is 12.9. The van der Waals surface area contributed by atoms with Crippen molar-refractivity contribution in [3.63, 3.8) is 0 Å². The first-order valence-corrected chi connectivity index (χ1v) is 7.58. The van der Waals surface area contributed by atoms with Gasteiger partial charge < -0.3 is 5.73 Å². The second kappa shape index (κ2) is 5.81. The minimum Gasteiger partial charge on any atom is -0.398 e. The number of hydrogen-bond donors (Lipinski definition) is 1. The molecule has 3 heteroatoms. The van der Waals surface area contributed by atoms with Gasteiger partial charge in [-0.25, -0.2) is 0 Å². The SMILES string of the molecule is Cc1ccc(C)c(CSc2cc(Br)ccc2N)c1. The number of nitrogens with two attached hydrogens (primary N) is 1. The van der Waals surface area contributed by atoms with Crippen molar-refractivity contribution in [2.45, 2.75) is 24.5 Å². The lowest BCUT2D eigenvalue weighted by Crippen LogP contribution is -1.91. The fraction of sp³-hybridized carbons (Fsp3) is 0.200. The molecular weight excluding hydrogens is 306 g/mol. The summed E-state index contributed by atoms with van der Waals surface area (Å²) in [6, 6.07) is 12.6. The average Bonchev–Trinajstić information content (AvgIpc) is 2.34. The van der Waals surface area contributed by atoms with Crippen LogP contribution in [0.15, 0.2) is 45.8 Å². The molecule has 0 saturated carbocycles. The van der Waals surface area contributed by atoms with Gasteiger partial charge in [0.25, 0.3) is 0 Å². The number of aryl methyl sites for hydroxylation is 2. The molecule has 2 N–H and O–H groups in total. The first-order valence-electron chi connectivity index (χ1n) is 5.80. The molecule has 94 valence electrons. The highest BCUT2D eigenvalue weighted by Crippen LogP contribution is 2.31. The summed E-state index contributed by atoms with van der Waals surface area (Å²) >= 11 is 5.26. The molecule has 0 saturated heterocycles. The van der Waals surface area contributed by atoms with Gasteiger partial charge in [0.05, 0.1) is 0 Å². The Labute approximate surface area is 121 Å². The van der Waals surface area contributed by atoms with Crippen molar-refractivity contribution in [1.82, 2.24) is 0 Å². The van der Waals surface area contributed by atoms with Crippen LogP contribution in [0, 0.1) is 13.8 Å². The first-order chi connectivity index (χ1) is 8.56. The quantitative estimate of drug-likeness (QED) is 0.640. The maximum absolute atomic E-state index is 5.98. The van der Waals surface area contributed by atoms with Gasteiger partial charge in [0.1, 0.15) is 0 Å². The number of rotatable bonds is 3. The summed E-state index contributed by atoms with van der Waals surface area (Å²) in [5, 5.41) is 0. The van der Waals surface area contributed by atoms with Gasteiger partial charge in [0.15, 0.2) is 0 Å². The largest absolute Gasteiger partial charge is 0.398 e. The third kappa shape index (κ3) is 3.30. The van der Waals surface area contributed by atoms with E-state index in [-0.39, 0.29) is 0 Å². The lowest BCUT2D eigenvalue weighted by atomic mass is 10.1. The molecule has 0 bridgehead atoms. The standard InChI is InChI=1S/C15H16BrNS/c1-10-3-4-11(2)12(7-10)9-18-15-8-13(16)5-6-14(15)17/h3-8H,9,17H2,1-2H3. The molecule has 0 aliphatic heterocycles. The van der Waals surface area contributed by atoms with Crippen LogP contribution >= 0.6 is 27.7 Å². The highest BCUT2D eigenvalue weighted by Gasteiger charge is 2.04. The average molecular weight is 322 g/mol. The minimum atomic E-state index is 0.841. The van der Waals surface area contributed by atoms with E-state index in [4.69, 9.17) is 5.73 Å². The Kier molecular flexibility index (Phi) is 4.36. The lowest BCUT2D eigenvalue weighted by Gasteiger charge is -2.09. The van der Waals surface area contributed by atoms with E-state index in [2.05, 4.69) is 54.0 Å². The molecule has 0 heterocycles. The third-order valence-corrected chi connectivity index (χ3v) is 4.48. The van der Waals surface area contributed by atoms with Crippen molar-refractivity contribution in [1.29, 1.82) is 0 Å². The van der Waals surface area contributed by atoms with Gasteiger partial charge in [-0.3, -0.25) is 0 Å². The van der Waals surface area contributed by atoms with Crippen LogP contribution in [-0.4, -0.2) is 0 Å². The smallest absolute Gasteiger partial charge is 0.0453 e. The molecule has 1 nitrogen and oxygen atoms in total. The van der Waals surface area contributed by atoms with Gasteiger partial charge in [0, 0.05) is 20.8 Å². The molecule has 0 radical (unpaired) electrons. The summed E-state index contributed by atoms with van der Waals surface area (Å²) in [4.78, 5) is 1.13. The van der Waals surface area contributed by atoms with Crippen LogP contribution in [0.4, 0.5) is 5.69 Å². The molecule has 0 aliphatic carbocycles. The van der Waals surface area contributed by atoms with E-state index in [1.54, 1.807) is 11.8 Å². The van der Waals surface area contributed by atoms with Gasteiger partial charge in [-0.2, -0.15) is 0 Å². The van der Waals surface area contributed by atoms with Gasteiger partial charge in [0.2, 0.25) is 0 Å². The number of anilines is 1. The molecule has 2 rings (SSSR count). The molecule has 0 unspecified atom stereocenters. The number of hydrogen-bond acceptors (Lipinski definition) is 2. The summed E-state index contributed by atoms with van der Waals surface area (Å²) in [6.07, 6.45) is 0.